The molecule has 1 rings (SSSR count). The van der Waals surface area contributed by atoms with Gasteiger partial charge in [0, 0.05) is 13.1 Å². The summed E-state index contributed by atoms with van der Waals surface area (Å²) in [4.78, 5) is 2.25. The van der Waals surface area contributed by atoms with E-state index in [-0.39, 0.29) is 0 Å². The molecular formula is C12H23F3N2. The summed E-state index contributed by atoms with van der Waals surface area (Å²) in [5.74, 6) is 1.51. The highest BCUT2D eigenvalue weighted by molar-refractivity contribution is 4.74. The smallest absolute Gasteiger partial charge is 0.307 e. The van der Waals surface area contributed by atoms with Crippen LogP contribution in [0.15, 0.2) is 0 Å². The average Bonchev–Trinajstić information content (AvgIpc) is 2.24. The van der Waals surface area contributed by atoms with Gasteiger partial charge in [0.15, 0.2) is 0 Å². The minimum Gasteiger partial charge on any atom is -0.307 e. The first-order valence-electron chi connectivity index (χ1n) is 6.38. The van der Waals surface area contributed by atoms with E-state index in [4.69, 9.17) is 0 Å². The van der Waals surface area contributed by atoms with E-state index in [1.165, 1.54) is 12.8 Å². The second-order valence-corrected chi connectivity index (χ2v) is 5.22. The molecule has 0 radical (unpaired) electrons. The second kappa shape index (κ2) is 6.59. The number of nitrogens with zero attached hydrogens (tertiary/aromatic N) is 1. The van der Waals surface area contributed by atoms with Crippen molar-refractivity contribution in [1.29, 1.82) is 0 Å². The Kier molecular flexibility index (Phi) is 5.73. The van der Waals surface area contributed by atoms with Crippen LogP contribution in [0.25, 0.3) is 0 Å². The summed E-state index contributed by atoms with van der Waals surface area (Å²) in [5.41, 5.74) is 0. The first-order chi connectivity index (χ1) is 7.88. The van der Waals surface area contributed by atoms with Crippen LogP contribution in [0.2, 0.25) is 0 Å². The van der Waals surface area contributed by atoms with E-state index < -0.39 is 12.7 Å². The highest BCUT2D eigenvalue weighted by Gasteiger charge is 2.26. The van der Waals surface area contributed by atoms with Gasteiger partial charge in [0.1, 0.15) is 0 Å². The maximum Gasteiger partial charge on any atom is 0.401 e. The molecular weight excluding hydrogens is 229 g/mol. The van der Waals surface area contributed by atoms with Gasteiger partial charge in [0.05, 0.1) is 6.54 Å². The minimum absolute atomic E-state index is 0.422. The number of piperidine rings is 1. The fourth-order valence-electron chi connectivity index (χ4n) is 2.31. The summed E-state index contributed by atoms with van der Waals surface area (Å²) in [6.45, 7) is 6.80. The Hall–Kier alpha value is -0.290. The SMILES string of the molecule is CC(C)C1CCN(CCNCC(F)(F)F)CC1. The zero-order valence-corrected chi connectivity index (χ0v) is 10.7. The zero-order chi connectivity index (χ0) is 12.9. The molecule has 0 saturated carbocycles. The molecule has 5 heteroatoms. The minimum atomic E-state index is -4.09. The fraction of sp³-hybridized carbons (Fsp3) is 1.00. The summed E-state index contributed by atoms with van der Waals surface area (Å²) < 4.78 is 35.7. The Balaban J connectivity index is 2.07. The van der Waals surface area contributed by atoms with E-state index in [2.05, 4.69) is 24.1 Å². The molecule has 0 bridgehead atoms. The van der Waals surface area contributed by atoms with Gasteiger partial charge in [-0.1, -0.05) is 13.8 Å². The first kappa shape index (κ1) is 14.8. The molecule has 1 fully saturated rings. The monoisotopic (exact) mass is 252 g/mol. The number of halogens is 3. The molecule has 1 N–H and O–H groups in total. The fourth-order valence-corrected chi connectivity index (χ4v) is 2.31. The molecule has 0 atom stereocenters. The summed E-state index contributed by atoms with van der Waals surface area (Å²) in [6, 6.07) is 0. The van der Waals surface area contributed by atoms with Crippen molar-refractivity contribution in [2.24, 2.45) is 11.8 Å². The van der Waals surface area contributed by atoms with Crippen molar-refractivity contribution in [2.75, 3.05) is 32.7 Å². The average molecular weight is 252 g/mol. The summed E-state index contributed by atoms with van der Waals surface area (Å²) in [7, 11) is 0. The second-order valence-electron chi connectivity index (χ2n) is 5.22. The maximum atomic E-state index is 11.9. The van der Waals surface area contributed by atoms with Gasteiger partial charge >= 0.3 is 6.18 Å². The van der Waals surface area contributed by atoms with Crippen molar-refractivity contribution in [3.63, 3.8) is 0 Å². The van der Waals surface area contributed by atoms with Gasteiger partial charge in [-0.3, -0.25) is 0 Å². The molecule has 0 aromatic heterocycles. The lowest BCUT2D eigenvalue weighted by molar-refractivity contribution is -0.124. The van der Waals surface area contributed by atoms with Crippen molar-refractivity contribution in [1.82, 2.24) is 10.2 Å². The van der Waals surface area contributed by atoms with Gasteiger partial charge in [0.2, 0.25) is 0 Å². The van der Waals surface area contributed by atoms with Gasteiger partial charge in [-0.25, -0.2) is 0 Å². The van der Waals surface area contributed by atoms with Crippen molar-refractivity contribution in [3.05, 3.63) is 0 Å². The van der Waals surface area contributed by atoms with Crippen molar-refractivity contribution < 1.29 is 13.2 Å². The lowest BCUT2D eigenvalue weighted by Gasteiger charge is -2.33. The van der Waals surface area contributed by atoms with Gasteiger partial charge in [0.25, 0.3) is 0 Å². The van der Waals surface area contributed by atoms with Crippen LogP contribution in [0.3, 0.4) is 0 Å². The Morgan fingerprint density at radius 2 is 1.82 bits per heavy atom. The van der Waals surface area contributed by atoms with E-state index in [1.807, 2.05) is 0 Å². The summed E-state index contributed by atoms with van der Waals surface area (Å²) >= 11 is 0. The van der Waals surface area contributed by atoms with Crippen molar-refractivity contribution >= 4 is 0 Å². The van der Waals surface area contributed by atoms with Gasteiger partial charge in [-0.05, 0) is 37.8 Å². The van der Waals surface area contributed by atoms with Crippen LogP contribution in [0.4, 0.5) is 13.2 Å². The molecule has 1 aliphatic heterocycles. The molecule has 0 aromatic carbocycles. The predicted molar refractivity (Wildman–Crippen MR) is 62.9 cm³/mol. The van der Waals surface area contributed by atoms with Crippen LogP contribution in [0.1, 0.15) is 26.7 Å². The third kappa shape index (κ3) is 6.27. The Morgan fingerprint density at radius 3 is 2.29 bits per heavy atom. The zero-order valence-electron chi connectivity index (χ0n) is 10.7. The van der Waals surface area contributed by atoms with Gasteiger partial charge < -0.3 is 10.2 Å². The lowest BCUT2D eigenvalue weighted by Crippen LogP contribution is -2.40. The van der Waals surface area contributed by atoms with Crippen LogP contribution in [-0.4, -0.2) is 43.8 Å². The van der Waals surface area contributed by atoms with E-state index in [9.17, 15) is 13.2 Å². The lowest BCUT2D eigenvalue weighted by atomic mass is 9.87. The highest BCUT2D eigenvalue weighted by atomic mass is 19.4. The molecule has 1 heterocycles. The van der Waals surface area contributed by atoms with Crippen molar-refractivity contribution in [2.45, 2.75) is 32.9 Å². The number of rotatable bonds is 5. The topological polar surface area (TPSA) is 15.3 Å². The molecule has 0 amide bonds. The van der Waals surface area contributed by atoms with E-state index >= 15 is 0 Å². The van der Waals surface area contributed by atoms with Crippen LogP contribution in [-0.2, 0) is 0 Å². The third-order valence-corrected chi connectivity index (χ3v) is 3.51. The molecule has 0 aromatic rings. The molecule has 0 spiro atoms. The van der Waals surface area contributed by atoms with Crippen LogP contribution in [0.5, 0.6) is 0 Å². The molecule has 17 heavy (non-hydrogen) atoms. The van der Waals surface area contributed by atoms with E-state index in [1.54, 1.807) is 0 Å². The van der Waals surface area contributed by atoms with Crippen molar-refractivity contribution in [3.8, 4) is 0 Å². The predicted octanol–water partition coefficient (Wildman–Crippen LogP) is 2.51. The van der Waals surface area contributed by atoms with Crippen LogP contribution < -0.4 is 5.32 Å². The number of alkyl halides is 3. The molecule has 1 saturated heterocycles. The highest BCUT2D eigenvalue weighted by Crippen LogP contribution is 2.23. The number of hydrogen-bond acceptors (Lipinski definition) is 2. The number of likely N-dealkylation sites (tertiary alicyclic amines) is 1. The molecule has 0 unspecified atom stereocenters. The maximum absolute atomic E-state index is 11.9. The Labute approximate surface area is 102 Å². The molecule has 2 nitrogen and oxygen atoms in total. The number of hydrogen-bond donors (Lipinski definition) is 1. The molecule has 1 aliphatic rings. The van der Waals surface area contributed by atoms with Gasteiger partial charge in [-0.15, -0.1) is 0 Å². The Bertz CT molecular complexity index is 208. The largest absolute Gasteiger partial charge is 0.401 e. The quantitative estimate of drug-likeness (QED) is 0.756. The normalized spacial score (nSPS) is 20.1. The molecule has 0 aliphatic carbocycles. The Morgan fingerprint density at radius 1 is 1.24 bits per heavy atom. The van der Waals surface area contributed by atoms with Gasteiger partial charge in [-0.2, -0.15) is 13.2 Å². The standard InChI is InChI=1S/C12H23F3N2/c1-10(2)11-3-6-17(7-4-11)8-5-16-9-12(13,14)15/h10-11,16H,3-9H2,1-2H3. The molecule has 102 valence electrons. The van der Waals surface area contributed by atoms with E-state index in [0.717, 1.165) is 31.5 Å². The summed E-state index contributed by atoms with van der Waals surface area (Å²) in [5, 5.41) is 2.44. The van der Waals surface area contributed by atoms with E-state index in [0.29, 0.717) is 6.54 Å². The van der Waals surface area contributed by atoms with Crippen LogP contribution in [0, 0.1) is 11.8 Å². The van der Waals surface area contributed by atoms with Crippen LogP contribution >= 0.6 is 0 Å². The third-order valence-electron chi connectivity index (χ3n) is 3.51. The summed E-state index contributed by atoms with van der Waals surface area (Å²) in [6.07, 6.45) is -1.74. The number of nitrogens with one attached hydrogen (secondary N) is 1. The first-order valence-corrected chi connectivity index (χ1v) is 6.38.